The van der Waals surface area contributed by atoms with Crippen molar-refractivity contribution in [2.45, 2.75) is 161 Å². The van der Waals surface area contributed by atoms with Crippen molar-refractivity contribution >= 4 is 19.8 Å². The highest BCUT2D eigenvalue weighted by Crippen LogP contribution is 2.38. The number of carbonyl (C=O) groups excluding carboxylic acids is 2. The van der Waals surface area contributed by atoms with Gasteiger partial charge in [-0.25, -0.2) is 0 Å². The van der Waals surface area contributed by atoms with E-state index in [-0.39, 0.29) is 38.3 Å². The summed E-state index contributed by atoms with van der Waals surface area (Å²) < 4.78 is 39.6. The lowest BCUT2D eigenvalue weighted by Gasteiger charge is -2.28. The number of nitrogens with zero attached hydrogens (tertiary/aromatic N) is 1. The lowest BCUT2D eigenvalue weighted by atomic mass is 10.1. The van der Waals surface area contributed by atoms with Gasteiger partial charge in [0, 0.05) is 12.8 Å². The van der Waals surface area contributed by atoms with Crippen molar-refractivity contribution in [1.82, 2.24) is 0 Å². The van der Waals surface area contributed by atoms with Gasteiger partial charge in [-0.2, -0.15) is 0 Å². The molecule has 1 aliphatic rings. The Balaban J connectivity index is 2.37. The van der Waals surface area contributed by atoms with E-state index in [1.165, 1.54) is 32.1 Å². The van der Waals surface area contributed by atoms with Crippen LogP contribution in [0, 0.1) is 0 Å². The molecule has 0 N–H and O–H groups in total. The molecule has 1 fully saturated rings. The van der Waals surface area contributed by atoms with Gasteiger partial charge in [-0.3, -0.25) is 14.2 Å². The SMILES string of the molecule is CC/C=C\C/C=C\C/C=C\CC1OC1C/C=C\CCCC(=O)OC(COC(=O)CCCCCCC/C=C\CCCCCC)COP(=O)([O-])OCC[N+](C)(C)C. The molecule has 4 atom stereocenters. The van der Waals surface area contributed by atoms with E-state index in [0.29, 0.717) is 30.3 Å². The topological polar surface area (TPSA) is 124 Å². The van der Waals surface area contributed by atoms with E-state index in [1.807, 2.05) is 27.2 Å². The second-order valence-electron chi connectivity index (χ2n) is 15.4. The van der Waals surface area contributed by atoms with Crippen LogP contribution in [0.4, 0.5) is 0 Å². The second kappa shape index (κ2) is 32.7. The van der Waals surface area contributed by atoms with Gasteiger partial charge < -0.3 is 32.6 Å². The Morgan fingerprint density at radius 3 is 1.87 bits per heavy atom. The number of rotatable bonds is 36. The van der Waals surface area contributed by atoms with E-state index < -0.39 is 32.5 Å². The van der Waals surface area contributed by atoms with Crippen LogP contribution in [-0.4, -0.2) is 82.2 Å². The van der Waals surface area contributed by atoms with E-state index in [1.54, 1.807) is 0 Å². The highest BCUT2D eigenvalue weighted by atomic mass is 31.2. The predicted octanol–water partition coefficient (Wildman–Crippen LogP) is 10.0. The molecule has 1 saturated heterocycles. The maximum absolute atomic E-state index is 12.7. The number of phosphoric ester groups is 1. The summed E-state index contributed by atoms with van der Waals surface area (Å²) >= 11 is 0. The molecular formula is C44H76NO9P. The van der Waals surface area contributed by atoms with Crippen molar-refractivity contribution in [2.24, 2.45) is 0 Å². The van der Waals surface area contributed by atoms with Crippen LogP contribution in [0.25, 0.3) is 0 Å². The summed E-state index contributed by atoms with van der Waals surface area (Å²) in [6.07, 6.45) is 39.9. The number of phosphoric acid groups is 1. The minimum Gasteiger partial charge on any atom is -0.756 e. The number of likely N-dealkylation sites (N-methyl/N-ethyl adjacent to an activating group) is 1. The fourth-order valence-corrected chi connectivity index (χ4v) is 6.22. The summed E-state index contributed by atoms with van der Waals surface area (Å²) in [5.74, 6) is -0.927. The summed E-state index contributed by atoms with van der Waals surface area (Å²) in [6.45, 7) is 3.98. The first-order valence-corrected chi connectivity index (χ1v) is 22.6. The fourth-order valence-electron chi connectivity index (χ4n) is 5.49. The van der Waals surface area contributed by atoms with E-state index in [2.05, 4.69) is 68.5 Å². The van der Waals surface area contributed by atoms with Gasteiger partial charge >= 0.3 is 11.9 Å². The monoisotopic (exact) mass is 794 g/mol. The highest BCUT2D eigenvalue weighted by molar-refractivity contribution is 7.45. The standard InChI is InChI=1S/C44H76NO9P/c1-6-8-10-12-14-16-17-18-19-21-23-25-30-34-43(46)50-38-40(39-52-55(48,49)51-37-36-45(3,4)5)53-44(47)35-31-27-26-29-33-42-41(54-42)32-28-24-22-20-15-13-11-9-7-2/h9,11,15-17,20,24,26,28-29,40-42H,6-8,10,12-14,18-19,21-23,25,27,30-39H2,1-5H3/b11-9-,17-16-,20-15-,28-24-,29-26-. The Morgan fingerprint density at radius 2 is 1.22 bits per heavy atom. The molecule has 0 saturated carbocycles. The molecule has 55 heavy (non-hydrogen) atoms. The average Bonchev–Trinajstić information content (AvgIpc) is 3.89. The Kier molecular flexibility index (Phi) is 30.2. The van der Waals surface area contributed by atoms with Gasteiger partial charge in [0.05, 0.1) is 40.0 Å². The van der Waals surface area contributed by atoms with E-state index in [4.69, 9.17) is 23.3 Å². The summed E-state index contributed by atoms with van der Waals surface area (Å²) in [7, 11) is 1.10. The second-order valence-corrected chi connectivity index (χ2v) is 16.8. The third-order valence-electron chi connectivity index (χ3n) is 8.92. The molecule has 0 aliphatic carbocycles. The number of epoxide rings is 1. The molecule has 11 heteroatoms. The lowest BCUT2D eigenvalue weighted by molar-refractivity contribution is -0.870. The minimum absolute atomic E-state index is 0.0485. The number of hydrogen-bond acceptors (Lipinski definition) is 9. The summed E-state index contributed by atoms with van der Waals surface area (Å²) in [5.41, 5.74) is 0. The largest absolute Gasteiger partial charge is 0.756 e. The third-order valence-corrected chi connectivity index (χ3v) is 9.89. The highest BCUT2D eigenvalue weighted by Gasteiger charge is 2.36. The molecule has 1 aliphatic heterocycles. The minimum atomic E-state index is -4.65. The van der Waals surface area contributed by atoms with Crippen molar-refractivity contribution in [1.29, 1.82) is 0 Å². The predicted molar refractivity (Wildman–Crippen MR) is 221 cm³/mol. The molecule has 0 aromatic rings. The van der Waals surface area contributed by atoms with Gasteiger partial charge in [-0.1, -0.05) is 113 Å². The molecule has 1 heterocycles. The Hall–Kier alpha value is -2.33. The molecule has 316 valence electrons. The molecule has 1 rings (SSSR count). The van der Waals surface area contributed by atoms with Crippen LogP contribution in [0.2, 0.25) is 0 Å². The van der Waals surface area contributed by atoms with Crippen molar-refractivity contribution in [3.8, 4) is 0 Å². The Labute approximate surface area is 334 Å². The molecule has 0 radical (unpaired) electrons. The third kappa shape index (κ3) is 33.5. The first-order chi connectivity index (χ1) is 26.5. The smallest absolute Gasteiger partial charge is 0.306 e. The van der Waals surface area contributed by atoms with Gasteiger partial charge in [-0.15, -0.1) is 0 Å². The van der Waals surface area contributed by atoms with Crippen LogP contribution in [0.3, 0.4) is 0 Å². The molecular weight excluding hydrogens is 717 g/mol. The molecule has 4 unspecified atom stereocenters. The Bertz CT molecular complexity index is 1190. The molecule has 0 aromatic heterocycles. The van der Waals surface area contributed by atoms with Crippen LogP contribution < -0.4 is 4.89 Å². The normalized spacial score (nSPS) is 17.9. The summed E-state index contributed by atoms with van der Waals surface area (Å²) in [5, 5.41) is 0. The number of unbranched alkanes of at least 4 members (excludes halogenated alkanes) is 10. The zero-order valence-corrected chi connectivity index (χ0v) is 35.9. The molecule has 0 amide bonds. The summed E-state index contributed by atoms with van der Waals surface area (Å²) in [6, 6.07) is 0. The number of allylic oxidation sites excluding steroid dienone is 8. The number of carbonyl (C=O) groups is 2. The van der Waals surface area contributed by atoms with Crippen LogP contribution in [0.1, 0.15) is 142 Å². The molecule has 0 bridgehead atoms. The molecule has 0 aromatic carbocycles. The van der Waals surface area contributed by atoms with Gasteiger partial charge in [0.15, 0.2) is 6.10 Å². The van der Waals surface area contributed by atoms with Crippen LogP contribution in [-0.2, 0) is 37.4 Å². The Morgan fingerprint density at radius 1 is 0.673 bits per heavy atom. The van der Waals surface area contributed by atoms with Gasteiger partial charge in [0.2, 0.25) is 0 Å². The van der Waals surface area contributed by atoms with E-state index in [9.17, 15) is 19.0 Å². The van der Waals surface area contributed by atoms with E-state index >= 15 is 0 Å². The van der Waals surface area contributed by atoms with Gasteiger partial charge in [0.1, 0.15) is 19.8 Å². The zero-order valence-electron chi connectivity index (χ0n) is 35.0. The zero-order chi connectivity index (χ0) is 40.5. The quantitative estimate of drug-likeness (QED) is 0.0152. The first-order valence-electron chi connectivity index (χ1n) is 21.1. The first kappa shape index (κ1) is 50.7. The van der Waals surface area contributed by atoms with Crippen molar-refractivity contribution in [2.75, 3.05) is 47.5 Å². The van der Waals surface area contributed by atoms with E-state index in [0.717, 1.165) is 64.2 Å². The lowest BCUT2D eigenvalue weighted by Crippen LogP contribution is -2.37. The number of hydrogen-bond donors (Lipinski definition) is 0. The van der Waals surface area contributed by atoms with Crippen molar-refractivity contribution < 1.29 is 46.8 Å². The summed E-state index contributed by atoms with van der Waals surface area (Å²) in [4.78, 5) is 37.5. The average molecular weight is 794 g/mol. The van der Waals surface area contributed by atoms with Gasteiger partial charge in [0.25, 0.3) is 7.82 Å². The van der Waals surface area contributed by atoms with Crippen LogP contribution >= 0.6 is 7.82 Å². The maximum atomic E-state index is 12.7. The van der Waals surface area contributed by atoms with Crippen molar-refractivity contribution in [3.63, 3.8) is 0 Å². The van der Waals surface area contributed by atoms with Gasteiger partial charge in [-0.05, 0) is 77.0 Å². The molecule has 10 nitrogen and oxygen atoms in total. The number of quaternary nitrogens is 1. The van der Waals surface area contributed by atoms with Crippen LogP contribution in [0.15, 0.2) is 60.8 Å². The number of esters is 2. The van der Waals surface area contributed by atoms with Crippen LogP contribution in [0.5, 0.6) is 0 Å². The number of ether oxygens (including phenoxy) is 3. The molecule has 0 spiro atoms. The fraction of sp³-hybridized carbons (Fsp3) is 0.727. The van der Waals surface area contributed by atoms with Crippen molar-refractivity contribution in [3.05, 3.63) is 60.8 Å². The maximum Gasteiger partial charge on any atom is 0.306 e.